The average molecular weight is 238 g/mol. The number of nitrogens with zero attached hydrogens (tertiary/aromatic N) is 2. The number of hydrogen-bond acceptors (Lipinski definition) is 3. The Morgan fingerprint density at radius 1 is 1.25 bits per heavy atom. The maximum Gasteiger partial charge on any atom is 0.172 e. The zero-order valence-corrected chi connectivity index (χ0v) is 9.13. The first-order valence-electron chi connectivity index (χ1n) is 5.12. The zero-order chi connectivity index (χ0) is 11.1. The molecule has 0 unspecified atom stereocenters. The van der Waals surface area contributed by atoms with E-state index in [0.29, 0.717) is 28.0 Å². The largest absolute Gasteiger partial charge is 0.365 e. The van der Waals surface area contributed by atoms with Crippen molar-refractivity contribution >= 4 is 28.5 Å². The monoisotopic (exact) mass is 237 g/mol. The second-order valence-electron chi connectivity index (χ2n) is 3.91. The van der Waals surface area contributed by atoms with Gasteiger partial charge in [-0.3, -0.25) is 0 Å². The van der Waals surface area contributed by atoms with E-state index in [1.165, 1.54) is 12.1 Å². The summed E-state index contributed by atoms with van der Waals surface area (Å²) in [5.41, 5.74) is 1.13. The molecule has 16 heavy (non-hydrogen) atoms. The Hall–Kier alpha value is -1.42. The van der Waals surface area contributed by atoms with Crippen LogP contribution >= 0.6 is 11.6 Å². The number of fused-ring (bicyclic) bond motifs is 1. The molecule has 0 bridgehead atoms. The van der Waals surface area contributed by atoms with E-state index in [4.69, 9.17) is 11.6 Å². The molecule has 82 valence electrons. The van der Waals surface area contributed by atoms with Gasteiger partial charge in [-0.2, -0.15) is 0 Å². The Morgan fingerprint density at radius 2 is 2.06 bits per heavy atom. The van der Waals surface area contributed by atoms with Crippen LogP contribution in [0.15, 0.2) is 18.2 Å². The van der Waals surface area contributed by atoms with Gasteiger partial charge >= 0.3 is 0 Å². The predicted molar refractivity (Wildman–Crippen MR) is 61.2 cm³/mol. The topological polar surface area (TPSA) is 37.8 Å². The summed E-state index contributed by atoms with van der Waals surface area (Å²) < 4.78 is 13.0. The molecule has 3 nitrogen and oxygen atoms in total. The Kier molecular flexibility index (Phi) is 2.17. The van der Waals surface area contributed by atoms with Crippen molar-refractivity contribution in [3.05, 3.63) is 29.2 Å². The number of anilines is 1. The Balaban J connectivity index is 2.09. The van der Waals surface area contributed by atoms with Crippen LogP contribution in [0.4, 0.5) is 10.2 Å². The van der Waals surface area contributed by atoms with E-state index in [-0.39, 0.29) is 5.82 Å². The molecule has 0 radical (unpaired) electrons. The molecule has 1 aromatic heterocycles. The van der Waals surface area contributed by atoms with Gasteiger partial charge in [0.1, 0.15) is 5.82 Å². The second-order valence-corrected chi connectivity index (χ2v) is 4.27. The molecule has 1 saturated carbocycles. The number of halogens is 2. The lowest BCUT2D eigenvalue weighted by atomic mass is 10.3. The summed E-state index contributed by atoms with van der Waals surface area (Å²) in [5.74, 6) is 0.254. The highest BCUT2D eigenvalue weighted by atomic mass is 35.5. The lowest BCUT2D eigenvalue weighted by molar-refractivity contribution is 0.629. The highest BCUT2D eigenvalue weighted by Gasteiger charge is 2.22. The van der Waals surface area contributed by atoms with Crippen molar-refractivity contribution in [1.82, 2.24) is 9.97 Å². The van der Waals surface area contributed by atoms with E-state index in [1.54, 1.807) is 6.07 Å². The highest BCUT2D eigenvalue weighted by molar-refractivity contribution is 6.32. The van der Waals surface area contributed by atoms with Crippen molar-refractivity contribution in [1.29, 1.82) is 0 Å². The van der Waals surface area contributed by atoms with Gasteiger partial charge in [0.25, 0.3) is 0 Å². The lowest BCUT2D eigenvalue weighted by Crippen LogP contribution is -2.04. The van der Waals surface area contributed by atoms with Crippen molar-refractivity contribution in [2.24, 2.45) is 0 Å². The first kappa shape index (κ1) is 9.78. The first-order valence-corrected chi connectivity index (χ1v) is 5.49. The SMILES string of the molecule is Fc1ccc2nc(NC3CC3)c(Cl)nc2c1. The van der Waals surface area contributed by atoms with Crippen LogP contribution < -0.4 is 5.32 Å². The van der Waals surface area contributed by atoms with Gasteiger partial charge in [0.05, 0.1) is 11.0 Å². The Labute approximate surface area is 96.7 Å². The summed E-state index contributed by atoms with van der Waals surface area (Å²) in [7, 11) is 0. The molecule has 0 aliphatic heterocycles. The van der Waals surface area contributed by atoms with E-state index in [1.807, 2.05) is 0 Å². The molecule has 2 aromatic rings. The van der Waals surface area contributed by atoms with Crippen molar-refractivity contribution in [2.45, 2.75) is 18.9 Å². The molecule has 1 aliphatic carbocycles. The van der Waals surface area contributed by atoms with Gasteiger partial charge in [0.15, 0.2) is 11.0 Å². The number of benzene rings is 1. The predicted octanol–water partition coefficient (Wildman–Crippen LogP) is 3.00. The van der Waals surface area contributed by atoms with Gasteiger partial charge in [0, 0.05) is 12.1 Å². The van der Waals surface area contributed by atoms with Gasteiger partial charge in [0.2, 0.25) is 0 Å². The van der Waals surface area contributed by atoms with Crippen LogP contribution in [0.25, 0.3) is 11.0 Å². The molecule has 3 rings (SSSR count). The molecule has 1 aromatic carbocycles. The fourth-order valence-corrected chi connectivity index (χ4v) is 1.71. The molecule has 1 fully saturated rings. The van der Waals surface area contributed by atoms with Crippen LogP contribution in [0.2, 0.25) is 5.15 Å². The van der Waals surface area contributed by atoms with Gasteiger partial charge in [-0.05, 0) is 25.0 Å². The Morgan fingerprint density at radius 3 is 2.81 bits per heavy atom. The van der Waals surface area contributed by atoms with Crippen molar-refractivity contribution in [3.63, 3.8) is 0 Å². The van der Waals surface area contributed by atoms with E-state index in [0.717, 1.165) is 12.8 Å². The van der Waals surface area contributed by atoms with Gasteiger partial charge in [-0.15, -0.1) is 0 Å². The first-order chi connectivity index (χ1) is 7.72. The van der Waals surface area contributed by atoms with Crippen LogP contribution in [-0.4, -0.2) is 16.0 Å². The van der Waals surface area contributed by atoms with Gasteiger partial charge in [-0.1, -0.05) is 11.6 Å². The molecule has 0 spiro atoms. The van der Waals surface area contributed by atoms with E-state index in [2.05, 4.69) is 15.3 Å². The standard InChI is InChI=1S/C11H9ClFN3/c12-10-11(14-7-2-3-7)16-8-4-1-6(13)5-9(8)15-10/h1,4-5,7H,2-3H2,(H,14,16). The molecule has 0 atom stereocenters. The minimum absolute atomic E-state index is 0.296. The third kappa shape index (κ3) is 1.80. The molecule has 5 heteroatoms. The van der Waals surface area contributed by atoms with Crippen LogP contribution in [-0.2, 0) is 0 Å². The fraction of sp³-hybridized carbons (Fsp3) is 0.273. The maximum atomic E-state index is 13.0. The molecule has 0 saturated heterocycles. The molecular formula is C11H9ClFN3. The Bertz CT molecular complexity index is 554. The van der Waals surface area contributed by atoms with E-state index < -0.39 is 0 Å². The zero-order valence-electron chi connectivity index (χ0n) is 8.37. The minimum Gasteiger partial charge on any atom is -0.365 e. The van der Waals surface area contributed by atoms with Crippen molar-refractivity contribution < 1.29 is 4.39 Å². The summed E-state index contributed by atoms with van der Waals surface area (Å²) in [5, 5.41) is 3.49. The third-order valence-corrected chi connectivity index (χ3v) is 2.77. The van der Waals surface area contributed by atoms with Crippen molar-refractivity contribution in [3.8, 4) is 0 Å². The van der Waals surface area contributed by atoms with Crippen LogP contribution in [0, 0.1) is 5.82 Å². The molecule has 1 N–H and O–H groups in total. The molecule has 1 aliphatic rings. The van der Waals surface area contributed by atoms with Gasteiger partial charge in [-0.25, -0.2) is 14.4 Å². The summed E-state index contributed by atoms with van der Waals surface area (Å²) in [6.45, 7) is 0. The molecule has 1 heterocycles. The number of nitrogens with one attached hydrogen (secondary N) is 1. The third-order valence-electron chi connectivity index (χ3n) is 2.50. The summed E-state index contributed by atoms with van der Waals surface area (Å²) >= 11 is 5.97. The van der Waals surface area contributed by atoms with Crippen LogP contribution in [0.5, 0.6) is 0 Å². The smallest absolute Gasteiger partial charge is 0.172 e. The normalized spacial score (nSPS) is 15.4. The second kappa shape index (κ2) is 3.56. The highest BCUT2D eigenvalue weighted by Crippen LogP contribution is 2.28. The van der Waals surface area contributed by atoms with E-state index >= 15 is 0 Å². The van der Waals surface area contributed by atoms with Crippen LogP contribution in [0.3, 0.4) is 0 Å². The van der Waals surface area contributed by atoms with E-state index in [9.17, 15) is 4.39 Å². The maximum absolute atomic E-state index is 13.0. The van der Waals surface area contributed by atoms with Crippen molar-refractivity contribution in [2.75, 3.05) is 5.32 Å². The average Bonchev–Trinajstić information content (AvgIpc) is 3.03. The summed E-state index contributed by atoms with van der Waals surface area (Å²) in [4.78, 5) is 8.44. The lowest BCUT2D eigenvalue weighted by Gasteiger charge is -2.06. The molecular weight excluding hydrogens is 229 g/mol. The summed E-state index contributed by atoms with van der Waals surface area (Å²) in [6.07, 6.45) is 2.28. The number of hydrogen-bond donors (Lipinski definition) is 1. The van der Waals surface area contributed by atoms with Gasteiger partial charge < -0.3 is 5.32 Å². The minimum atomic E-state index is -0.333. The fourth-order valence-electron chi connectivity index (χ4n) is 1.52. The van der Waals surface area contributed by atoms with Crippen LogP contribution in [0.1, 0.15) is 12.8 Å². The summed E-state index contributed by atoms with van der Waals surface area (Å²) in [6, 6.07) is 4.76. The quantitative estimate of drug-likeness (QED) is 0.873. The molecule has 0 amide bonds. The number of rotatable bonds is 2. The number of aromatic nitrogens is 2.